The van der Waals surface area contributed by atoms with Crippen LogP contribution in [-0.4, -0.2) is 15.0 Å². The Labute approximate surface area is 176 Å². The molecule has 3 heteroatoms. The van der Waals surface area contributed by atoms with Crippen molar-refractivity contribution in [1.82, 2.24) is 15.0 Å². The molecule has 0 atom stereocenters. The van der Waals surface area contributed by atoms with E-state index >= 15 is 0 Å². The fourth-order valence-corrected chi connectivity index (χ4v) is 2.86. The van der Waals surface area contributed by atoms with Crippen molar-refractivity contribution in [2.24, 2.45) is 0 Å². The zero-order valence-corrected chi connectivity index (χ0v) is 16.5. The van der Waals surface area contributed by atoms with Crippen LogP contribution in [0.3, 0.4) is 0 Å². The van der Waals surface area contributed by atoms with E-state index in [2.05, 4.69) is 15.0 Å². The SMILES string of the molecule is C(=C\c1nc(/C=C/c2ccccc2)nc(/C=C/c2ccccc2)n1)/c1ccccc1. The van der Waals surface area contributed by atoms with Gasteiger partial charge >= 0.3 is 0 Å². The monoisotopic (exact) mass is 387 g/mol. The van der Waals surface area contributed by atoms with Gasteiger partial charge in [-0.1, -0.05) is 109 Å². The van der Waals surface area contributed by atoms with Gasteiger partial charge in [0.05, 0.1) is 0 Å². The lowest BCUT2D eigenvalue weighted by Crippen LogP contribution is -1.99. The molecule has 0 N–H and O–H groups in total. The first kappa shape index (κ1) is 19.2. The van der Waals surface area contributed by atoms with Crippen molar-refractivity contribution in [1.29, 1.82) is 0 Å². The molecule has 0 saturated carbocycles. The van der Waals surface area contributed by atoms with Gasteiger partial charge in [-0.3, -0.25) is 0 Å². The second-order valence-electron chi connectivity index (χ2n) is 6.64. The lowest BCUT2D eigenvalue weighted by atomic mass is 10.2. The molecule has 0 aliphatic carbocycles. The predicted octanol–water partition coefficient (Wildman–Crippen LogP) is 6.38. The number of benzene rings is 3. The Hall–Kier alpha value is -4.11. The molecule has 3 nitrogen and oxygen atoms in total. The summed E-state index contributed by atoms with van der Waals surface area (Å²) in [6.45, 7) is 0. The fourth-order valence-electron chi connectivity index (χ4n) is 2.86. The molecule has 0 unspecified atom stereocenters. The van der Waals surface area contributed by atoms with Crippen LogP contribution in [-0.2, 0) is 0 Å². The van der Waals surface area contributed by atoms with Crippen LogP contribution in [0.15, 0.2) is 91.0 Å². The molecular formula is C27H21N3. The van der Waals surface area contributed by atoms with E-state index in [1.165, 1.54) is 0 Å². The maximum absolute atomic E-state index is 4.59. The highest BCUT2D eigenvalue weighted by Crippen LogP contribution is 2.10. The molecule has 30 heavy (non-hydrogen) atoms. The second kappa shape index (κ2) is 9.89. The average Bonchev–Trinajstić information content (AvgIpc) is 2.82. The summed E-state index contributed by atoms with van der Waals surface area (Å²) in [7, 11) is 0. The summed E-state index contributed by atoms with van der Waals surface area (Å²) < 4.78 is 0. The van der Waals surface area contributed by atoms with Crippen molar-refractivity contribution in [2.45, 2.75) is 0 Å². The molecule has 144 valence electrons. The van der Waals surface area contributed by atoms with Crippen LogP contribution in [0.1, 0.15) is 34.2 Å². The average molecular weight is 387 g/mol. The molecule has 0 fully saturated rings. The first-order valence-corrected chi connectivity index (χ1v) is 9.81. The van der Waals surface area contributed by atoms with E-state index in [0.717, 1.165) is 16.7 Å². The second-order valence-corrected chi connectivity index (χ2v) is 6.64. The molecule has 0 spiro atoms. The van der Waals surface area contributed by atoms with Crippen molar-refractivity contribution in [3.63, 3.8) is 0 Å². The number of aromatic nitrogens is 3. The van der Waals surface area contributed by atoms with Crippen LogP contribution in [0.2, 0.25) is 0 Å². The van der Waals surface area contributed by atoms with Crippen molar-refractivity contribution in [3.8, 4) is 0 Å². The highest BCUT2D eigenvalue weighted by molar-refractivity contribution is 5.71. The highest BCUT2D eigenvalue weighted by Gasteiger charge is 2.01. The molecule has 4 rings (SSSR count). The van der Waals surface area contributed by atoms with Crippen LogP contribution >= 0.6 is 0 Å². The number of rotatable bonds is 6. The zero-order valence-electron chi connectivity index (χ0n) is 16.5. The molecule has 0 saturated heterocycles. The molecule has 0 aliphatic heterocycles. The van der Waals surface area contributed by atoms with E-state index in [1.807, 2.05) is 127 Å². The predicted molar refractivity (Wildman–Crippen MR) is 126 cm³/mol. The van der Waals surface area contributed by atoms with Gasteiger partial charge in [-0.05, 0) is 34.9 Å². The molecule has 0 aliphatic rings. The molecule has 0 amide bonds. The molecule has 1 aromatic heterocycles. The normalized spacial score (nSPS) is 11.6. The van der Waals surface area contributed by atoms with Crippen molar-refractivity contribution in [2.75, 3.05) is 0 Å². The maximum Gasteiger partial charge on any atom is 0.156 e. The van der Waals surface area contributed by atoms with Gasteiger partial charge in [-0.25, -0.2) is 15.0 Å². The van der Waals surface area contributed by atoms with Gasteiger partial charge in [0, 0.05) is 0 Å². The van der Waals surface area contributed by atoms with Gasteiger partial charge in [0.2, 0.25) is 0 Å². The van der Waals surface area contributed by atoms with E-state index in [0.29, 0.717) is 17.5 Å². The number of nitrogens with zero attached hydrogens (tertiary/aromatic N) is 3. The van der Waals surface area contributed by atoms with Gasteiger partial charge in [0.1, 0.15) is 0 Å². The Kier molecular flexibility index (Phi) is 6.34. The van der Waals surface area contributed by atoms with Crippen LogP contribution in [0.5, 0.6) is 0 Å². The standard InChI is InChI=1S/C27H21N3/c1-4-10-22(11-5-1)16-19-25-28-26(20-17-23-12-6-2-7-13-23)30-27(29-25)21-18-24-14-8-3-9-15-24/h1-21H/b19-16+,20-17+,21-18+. The third-order valence-electron chi connectivity index (χ3n) is 4.36. The Morgan fingerprint density at radius 2 is 0.600 bits per heavy atom. The Bertz CT molecular complexity index is 999. The lowest BCUT2D eigenvalue weighted by molar-refractivity contribution is 0.991. The third kappa shape index (κ3) is 5.69. The van der Waals surface area contributed by atoms with Gasteiger partial charge in [-0.15, -0.1) is 0 Å². The van der Waals surface area contributed by atoms with Gasteiger partial charge in [-0.2, -0.15) is 0 Å². The summed E-state index contributed by atoms with van der Waals surface area (Å²) in [4.78, 5) is 13.8. The topological polar surface area (TPSA) is 38.7 Å². The van der Waals surface area contributed by atoms with E-state index < -0.39 is 0 Å². The first-order chi connectivity index (χ1) is 14.8. The summed E-state index contributed by atoms with van der Waals surface area (Å²) >= 11 is 0. The smallest absolute Gasteiger partial charge is 0.156 e. The quantitative estimate of drug-likeness (QED) is 0.385. The van der Waals surface area contributed by atoms with E-state index in [-0.39, 0.29) is 0 Å². The van der Waals surface area contributed by atoms with Crippen molar-refractivity contribution < 1.29 is 0 Å². The Morgan fingerprint density at radius 1 is 0.333 bits per heavy atom. The highest BCUT2D eigenvalue weighted by atomic mass is 15.0. The van der Waals surface area contributed by atoms with Crippen LogP contribution in [0, 0.1) is 0 Å². The van der Waals surface area contributed by atoms with E-state index in [1.54, 1.807) is 0 Å². The Morgan fingerprint density at radius 3 is 0.867 bits per heavy atom. The summed E-state index contributed by atoms with van der Waals surface area (Å²) in [5, 5.41) is 0. The first-order valence-electron chi connectivity index (χ1n) is 9.81. The lowest BCUT2D eigenvalue weighted by Gasteiger charge is -2.00. The Balaban J connectivity index is 1.65. The molecule has 1 heterocycles. The van der Waals surface area contributed by atoms with Gasteiger partial charge in [0.25, 0.3) is 0 Å². The van der Waals surface area contributed by atoms with Crippen molar-refractivity contribution >= 4 is 36.5 Å². The van der Waals surface area contributed by atoms with Gasteiger partial charge in [0.15, 0.2) is 17.5 Å². The minimum atomic E-state index is 0.620. The number of hydrogen-bond acceptors (Lipinski definition) is 3. The van der Waals surface area contributed by atoms with Gasteiger partial charge < -0.3 is 0 Å². The molecule has 0 radical (unpaired) electrons. The minimum absolute atomic E-state index is 0.620. The minimum Gasteiger partial charge on any atom is -0.209 e. The summed E-state index contributed by atoms with van der Waals surface area (Å²) in [5.41, 5.74) is 3.29. The van der Waals surface area contributed by atoms with Crippen LogP contribution < -0.4 is 0 Å². The molecular weight excluding hydrogens is 366 g/mol. The number of hydrogen-bond donors (Lipinski definition) is 0. The molecule has 0 bridgehead atoms. The van der Waals surface area contributed by atoms with E-state index in [9.17, 15) is 0 Å². The zero-order chi connectivity index (χ0) is 20.4. The summed E-state index contributed by atoms with van der Waals surface area (Å²) in [6.07, 6.45) is 11.8. The van der Waals surface area contributed by atoms with Crippen LogP contribution in [0.25, 0.3) is 36.5 Å². The maximum atomic E-state index is 4.59. The molecule has 3 aromatic carbocycles. The third-order valence-corrected chi connectivity index (χ3v) is 4.36. The molecule has 4 aromatic rings. The van der Waals surface area contributed by atoms with Crippen molar-refractivity contribution in [3.05, 3.63) is 125 Å². The van der Waals surface area contributed by atoms with Crippen LogP contribution in [0.4, 0.5) is 0 Å². The summed E-state index contributed by atoms with van der Waals surface area (Å²) in [5.74, 6) is 1.86. The van der Waals surface area contributed by atoms with E-state index in [4.69, 9.17) is 0 Å². The summed E-state index contributed by atoms with van der Waals surface area (Å²) in [6, 6.07) is 30.3. The fraction of sp³-hybridized carbons (Fsp3) is 0. The largest absolute Gasteiger partial charge is 0.209 e.